The quantitative estimate of drug-likeness (QED) is 0.159. The molecule has 202 valence electrons. The number of unbranched alkanes of at least 4 members (excludes halogenated alkanes) is 11. The second kappa shape index (κ2) is 17.0. The van der Waals surface area contributed by atoms with Gasteiger partial charge in [-0.1, -0.05) is 95.8 Å². The van der Waals surface area contributed by atoms with Gasteiger partial charge in [0.05, 0.1) is 23.4 Å². The summed E-state index contributed by atoms with van der Waals surface area (Å²) in [5, 5.41) is 3.52. The van der Waals surface area contributed by atoms with Crippen LogP contribution in [-0.2, 0) is 0 Å². The van der Waals surface area contributed by atoms with Crippen LogP contribution in [0.15, 0.2) is 42.5 Å². The third kappa shape index (κ3) is 10.7. The van der Waals surface area contributed by atoms with E-state index in [9.17, 15) is 4.79 Å². The molecule has 0 atom stereocenters. The standard InChI is InChI=1S/C31H44N2O3S/c1-3-5-7-9-10-11-13-15-23-36-27-20-21-28-29(24-27)37-31(32-28)33-30(34)25-16-18-26(19-17-25)35-22-14-12-8-6-4-2/h16-21,24H,3-15,22-23H2,1-2H3,(H,32,33,34). The van der Waals surface area contributed by atoms with E-state index in [1.165, 1.54) is 82.0 Å². The molecule has 3 aromatic rings. The Hall–Kier alpha value is -2.60. The Morgan fingerprint density at radius 3 is 1.89 bits per heavy atom. The molecule has 1 amide bonds. The smallest absolute Gasteiger partial charge is 0.257 e. The second-order valence-corrected chi connectivity index (χ2v) is 10.7. The van der Waals surface area contributed by atoms with Gasteiger partial charge in [0.2, 0.25) is 0 Å². The summed E-state index contributed by atoms with van der Waals surface area (Å²) in [5.41, 5.74) is 1.45. The molecule has 2 aromatic carbocycles. The fraction of sp³-hybridized carbons (Fsp3) is 0.548. The molecule has 0 aliphatic carbocycles. The van der Waals surface area contributed by atoms with Gasteiger partial charge in [-0.3, -0.25) is 10.1 Å². The van der Waals surface area contributed by atoms with Gasteiger partial charge in [0.15, 0.2) is 5.13 Å². The van der Waals surface area contributed by atoms with Gasteiger partial charge in [0.25, 0.3) is 5.91 Å². The van der Waals surface area contributed by atoms with Crippen LogP contribution < -0.4 is 14.8 Å². The van der Waals surface area contributed by atoms with E-state index in [-0.39, 0.29) is 5.91 Å². The van der Waals surface area contributed by atoms with Crippen LogP contribution in [-0.4, -0.2) is 24.1 Å². The minimum atomic E-state index is -0.170. The van der Waals surface area contributed by atoms with Gasteiger partial charge in [-0.2, -0.15) is 0 Å². The number of anilines is 1. The number of benzene rings is 2. The average molecular weight is 525 g/mol. The molecule has 5 nitrogen and oxygen atoms in total. The summed E-state index contributed by atoms with van der Waals surface area (Å²) >= 11 is 1.47. The number of hydrogen-bond acceptors (Lipinski definition) is 5. The molecule has 0 fully saturated rings. The molecule has 0 aliphatic heterocycles. The summed E-state index contributed by atoms with van der Waals surface area (Å²) < 4.78 is 12.8. The lowest BCUT2D eigenvalue weighted by molar-refractivity contribution is 0.102. The van der Waals surface area contributed by atoms with Gasteiger partial charge >= 0.3 is 0 Å². The van der Waals surface area contributed by atoms with Crippen LogP contribution in [0, 0.1) is 0 Å². The van der Waals surface area contributed by atoms with Gasteiger partial charge in [0, 0.05) is 5.56 Å². The van der Waals surface area contributed by atoms with Crippen molar-refractivity contribution in [2.45, 2.75) is 97.3 Å². The summed E-state index contributed by atoms with van der Waals surface area (Å²) in [6.45, 7) is 5.92. The Balaban J connectivity index is 1.40. The molecule has 0 spiro atoms. The second-order valence-electron chi connectivity index (χ2n) is 9.71. The molecule has 0 saturated heterocycles. The predicted molar refractivity (Wildman–Crippen MR) is 156 cm³/mol. The van der Waals surface area contributed by atoms with Crippen molar-refractivity contribution < 1.29 is 14.3 Å². The van der Waals surface area contributed by atoms with Crippen LogP contribution in [0.2, 0.25) is 0 Å². The van der Waals surface area contributed by atoms with Gasteiger partial charge in [-0.05, 0) is 55.3 Å². The van der Waals surface area contributed by atoms with Crippen LogP contribution in [0.25, 0.3) is 10.2 Å². The largest absolute Gasteiger partial charge is 0.494 e. The molecule has 0 aliphatic rings. The molecule has 0 bridgehead atoms. The number of hydrogen-bond donors (Lipinski definition) is 1. The molecular formula is C31H44N2O3S. The summed E-state index contributed by atoms with van der Waals surface area (Å²) in [7, 11) is 0. The van der Waals surface area contributed by atoms with Crippen molar-refractivity contribution in [2.24, 2.45) is 0 Å². The number of carbonyl (C=O) groups is 1. The number of carbonyl (C=O) groups excluding carboxylic acids is 1. The van der Waals surface area contributed by atoms with E-state index in [1.807, 2.05) is 30.3 Å². The van der Waals surface area contributed by atoms with Crippen LogP contribution in [0.3, 0.4) is 0 Å². The van der Waals surface area contributed by atoms with Crippen LogP contribution in [0.1, 0.15) is 108 Å². The normalized spacial score (nSPS) is 11.1. The number of thiazole rings is 1. The van der Waals surface area contributed by atoms with E-state index in [4.69, 9.17) is 9.47 Å². The first-order chi connectivity index (χ1) is 18.2. The van der Waals surface area contributed by atoms with E-state index in [0.29, 0.717) is 17.3 Å². The Labute approximate surface area is 227 Å². The van der Waals surface area contributed by atoms with E-state index < -0.39 is 0 Å². The highest BCUT2D eigenvalue weighted by Gasteiger charge is 2.11. The molecule has 0 radical (unpaired) electrons. The number of nitrogens with zero attached hydrogens (tertiary/aromatic N) is 1. The minimum Gasteiger partial charge on any atom is -0.494 e. The highest BCUT2D eigenvalue weighted by molar-refractivity contribution is 7.22. The first-order valence-corrected chi connectivity index (χ1v) is 15.1. The van der Waals surface area contributed by atoms with E-state index in [0.717, 1.165) is 41.2 Å². The van der Waals surface area contributed by atoms with Gasteiger partial charge in [-0.25, -0.2) is 4.98 Å². The molecule has 1 aromatic heterocycles. The monoisotopic (exact) mass is 524 g/mol. The Morgan fingerprint density at radius 1 is 0.730 bits per heavy atom. The number of nitrogens with one attached hydrogen (secondary N) is 1. The zero-order chi connectivity index (χ0) is 26.1. The van der Waals surface area contributed by atoms with Crippen molar-refractivity contribution in [3.8, 4) is 11.5 Å². The maximum Gasteiger partial charge on any atom is 0.257 e. The van der Waals surface area contributed by atoms with Crippen LogP contribution in [0.4, 0.5) is 5.13 Å². The maximum atomic E-state index is 12.7. The predicted octanol–water partition coefficient (Wildman–Crippen LogP) is 9.42. The van der Waals surface area contributed by atoms with E-state index in [2.05, 4.69) is 24.1 Å². The van der Waals surface area contributed by atoms with Crippen molar-refractivity contribution in [1.29, 1.82) is 0 Å². The van der Waals surface area contributed by atoms with Gasteiger partial charge in [0.1, 0.15) is 11.5 Å². The summed E-state index contributed by atoms with van der Waals surface area (Å²) in [5.74, 6) is 1.49. The van der Waals surface area contributed by atoms with Crippen molar-refractivity contribution >= 4 is 32.6 Å². The fourth-order valence-electron chi connectivity index (χ4n) is 4.24. The fourth-order valence-corrected chi connectivity index (χ4v) is 5.13. The minimum absolute atomic E-state index is 0.170. The third-order valence-corrected chi connectivity index (χ3v) is 7.41. The van der Waals surface area contributed by atoms with Crippen LogP contribution in [0.5, 0.6) is 11.5 Å². The number of aromatic nitrogens is 1. The first-order valence-electron chi connectivity index (χ1n) is 14.3. The van der Waals surface area contributed by atoms with Gasteiger partial charge < -0.3 is 9.47 Å². The molecule has 0 unspecified atom stereocenters. The lowest BCUT2D eigenvalue weighted by Crippen LogP contribution is -2.11. The number of amides is 1. The zero-order valence-electron chi connectivity index (χ0n) is 22.7. The van der Waals surface area contributed by atoms with E-state index in [1.54, 1.807) is 12.1 Å². The number of ether oxygens (including phenoxy) is 2. The number of fused-ring (bicyclic) bond motifs is 1. The molecule has 37 heavy (non-hydrogen) atoms. The lowest BCUT2D eigenvalue weighted by Gasteiger charge is -2.07. The molecule has 1 N–H and O–H groups in total. The van der Waals surface area contributed by atoms with Crippen molar-refractivity contribution in [1.82, 2.24) is 4.98 Å². The molecule has 6 heteroatoms. The summed E-state index contributed by atoms with van der Waals surface area (Å²) in [6, 6.07) is 13.2. The van der Waals surface area contributed by atoms with E-state index >= 15 is 0 Å². The molecular weight excluding hydrogens is 480 g/mol. The summed E-state index contributed by atoms with van der Waals surface area (Å²) in [4.78, 5) is 17.3. The zero-order valence-corrected chi connectivity index (χ0v) is 23.5. The first kappa shape index (κ1) is 29.0. The Bertz CT molecular complexity index is 1050. The van der Waals surface area contributed by atoms with Crippen molar-refractivity contribution in [3.05, 3.63) is 48.0 Å². The molecule has 3 rings (SSSR count). The van der Waals surface area contributed by atoms with Crippen molar-refractivity contribution in [3.63, 3.8) is 0 Å². The molecule has 1 heterocycles. The van der Waals surface area contributed by atoms with Gasteiger partial charge in [-0.15, -0.1) is 0 Å². The highest BCUT2D eigenvalue weighted by atomic mass is 32.1. The summed E-state index contributed by atoms with van der Waals surface area (Å²) in [6.07, 6.45) is 16.4. The highest BCUT2D eigenvalue weighted by Crippen LogP contribution is 2.30. The topological polar surface area (TPSA) is 60.5 Å². The molecule has 0 saturated carbocycles. The maximum absolute atomic E-state index is 12.7. The Kier molecular flexibility index (Phi) is 13.3. The average Bonchev–Trinajstić information content (AvgIpc) is 3.31. The van der Waals surface area contributed by atoms with Crippen molar-refractivity contribution in [2.75, 3.05) is 18.5 Å². The lowest BCUT2D eigenvalue weighted by atomic mass is 10.1. The Morgan fingerprint density at radius 2 is 1.27 bits per heavy atom. The number of rotatable bonds is 19. The SMILES string of the molecule is CCCCCCCCCCOc1ccc2nc(NC(=O)c3ccc(OCCCCCCC)cc3)sc2c1. The van der Waals surface area contributed by atoms with Crippen LogP contribution >= 0.6 is 11.3 Å². The third-order valence-electron chi connectivity index (χ3n) is 6.48.